The van der Waals surface area contributed by atoms with E-state index in [-0.39, 0.29) is 5.79 Å². The largest absolute Gasteiger partial charge is 0.350 e. The molecule has 86 valence electrons. The topological polar surface area (TPSA) is 35.5 Å². The quantitative estimate of drug-likeness (QED) is 0.655. The lowest BCUT2D eigenvalue weighted by molar-refractivity contribution is -0.175. The maximum atomic E-state index is 11.2. The van der Waals surface area contributed by atoms with Crippen LogP contribution in [0.15, 0.2) is 0 Å². The second-order valence-corrected chi connectivity index (χ2v) is 4.53. The molecule has 2 unspecified atom stereocenters. The lowest BCUT2D eigenvalue weighted by Gasteiger charge is -2.19. The minimum Gasteiger partial charge on any atom is -0.350 e. The molecule has 2 saturated carbocycles. The molecule has 0 aliphatic heterocycles. The first kappa shape index (κ1) is 11.1. The fraction of sp³-hybridized carbons (Fsp3) is 0.917. The van der Waals surface area contributed by atoms with Crippen LogP contribution < -0.4 is 0 Å². The van der Waals surface area contributed by atoms with E-state index < -0.39 is 0 Å². The Morgan fingerprint density at radius 2 is 2.00 bits per heavy atom. The Balaban J connectivity index is 1.92. The first-order valence-electron chi connectivity index (χ1n) is 6.01. The summed E-state index contributed by atoms with van der Waals surface area (Å²) in [5, 5.41) is 0. The summed E-state index contributed by atoms with van der Waals surface area (Å²) in [5.41, 5.74) is 0. The second kappa shape index (κ2) is 4.22. The standard InChI is InChI=1S/C12H20O3/c1-3-14-12(15-4-2)8-11(12)9-5-6-10(13)7-9/h9,11H,3-8H2,1-2H3. The number of ketones is 1. The average molecular weight is 212 g/mol. The van der Waals surface area contributed by atoms with Gasteiger partial charge in [0.1, 0.15) is 5.78 Å². The van der Waals surface area contributed by atoms with Gasteiger partial charge in [-0.2, -0.15) is 0 Å². The first-order valence-corrected chi connectivity index (χ1v) is 6.01. The number of Topliss-reactive ketones (excluding diaryl/α,β-unsaturated/α-hetero) is 1. The van der Waals surface area contributed by atoms with Gasteiger partial charge in [-0.05, 0) is 26.2 Å². The smallest absolute Gasteiger partial charge is 0.171 e. The van der Waals surface area contributed by atoms with Gasteiger partial charge in [0, 0.05) is 38.4 Å². The fourth-order valence-corrected chi connectivity index (χ4v) is 2.82. The zero-order chi connectivity index (χ0) is 10.9. The highest BCUT2D eigenvalue weighted by molar-refractivity contribution is 5.80. The molecule has 0 saturated heterocycles. The molecule has 0 radical (unpaired) electrons. The molecule has 2 aliphatic carbocycles. The molecule has 0 bridgehead atoms. The van der Waals surface area contributed by atoms with E-state index in [1.807, 2.05) is 13.8 Å². The number of hydrogen-bond acceptors (Lipinski definition) is 3. The number of rotatable bonds is 5. The average Bonchev–Trinajstić information content (AvgIpc) is 2.70. The lowest BCUT2D eigenvalue weighted by Crippen LogP contribution is -2.24. The van der Waals surface area contributed by atoms with E-state index in [4.69, 9.17) is 9.47 Å². The molecule has 0 amide bonds. The van der Waals surface area contributed by atoms with Crippen molar-refractivity contribution in [1.82, 2.24) is 0 Å². The fourth-order valence-electron chi connectivity index (χ4n) is 2.82. The lowest BCUT2D eigenvalue weighted by atomic mass is 10.0. The Kier molecular flexibility index (Phi) is 3.12. The molecule has 2 rings (SSSR count). The van der Waals surface area contributed by atoms with Crippen LogP contribution in [0.4, 0.5) is 0 Å². The Bertz CT molecular complexity index is 243. The number of carbonyl (C=O) groups is 1. The maximum Gasteiger partial charge on any atom is 0.171 e. The maximum absolute atomic E-state index is 11.2. The van der Waals surface area contributed by atoms with Crippen molar-refractivity contribution in [2.24, 2.45) is 11.8 Å². The zero-order valence-electron chi connectivity index (χ0n) is 9.62. The van der Waals surface area contributed by atoms with E-state index in [9.17, 15) is 4.79 Å². The van der Waals surface area contributed by atoms with Crippen LogP contribution in [-0.2, 0) is 14.3 Å². The molecule has 2 aliphatic rings. The van der Waals surface area contributed by atoms with E-state index >= 15 is 0 Å². The van der Waals surface area contributed by atoms with Crippen LogP contribution in [0.2, 0.25) is 0 Å². The molecule has 15 heavy (non-hydrogen) atoms. The predicted molar refractivity (Wildman–Crippen MR) is 56.4 cm³/mol. The number of ether oxygens (including phenoxy) is 2. The summed E-state index contributed by atoms with van der Waals surface area (Å²) in [6.07, 6.45) is 3.51. The van der Waals surface area contributed by atoms with Gasteiger partial charge in [-0.25, -0.2) is 0 Å². The van der Waals surface area contributed by atoms with Crippen molar-refractivity contribution in [3.8, 4) is 0 Å². The van der Waals surface area contributed by atoms with Crippen LogP contribution in [-0.4, -0.2) is 24.8 Å². The van der Waals surface area contributed by atoms with Gasteiger partial charge in [-0.1, -0.05) is 0 Å². The third-order valence-electron chi connectivity index (χ3n) is 3.54. The minimum absolute atomic E-state index is 0.335. The summed E-state index contributed by atoms with van der Waals surface area (Å²) >= 11 is 0. The molecule has 0 heterocycles. The Hall–Kier alpha value is -0.410. The van der Waals surface area contributed by atoms with E-state index in [2.05, 4.69) is 0 Å². The van der Waals surface area contributed by atoms with Gasteiger partial charge >= 0.3 is 0 Å². The van der Waals surface area contributed by atoms with E-state index in [0.717, 1.165) is 25.7 Å². The van der Waals surface area contributed by atoms with Gasteiger partial charge in [0.2, 0.25) is 0 Å². The molecule has 3 nitrogen and oxygen atoms in total. The third-order valence-corrected chi connectivity index (χ3v) is 3.54. The summed E-state index contributed by atoms with van der Waals surface area (Å²) in [6, 6.07) is 0. The van der Waals surface area contributed by atoms with Crippen molar-refractivity contribution in [2.45, 2.75) is 45.3 Å². The van der Waals surface area contributed by atoms with Gasteiger partial charge in [0.15, 0.2) is 5.79 Å². The zero-order valence-corrected chi connectivity index (χ0v) is 9.62. The van der Waals surface area contributed by atoms with Gasteiger partial charge in [-0.3, -0.25) is 4.79 Å². The van der Waals surface area contributed by atoms with Gasteiger partial charge in [-0.15, -0.1) is 0 Å². The van der Waals surface area contributed by atoms with Crippen LogP contribution in [0.25, 0.3) is 0 Å². The highest BCUT2D eigenvalue weighted by atomic mass is 16.7. The van der Waals surface area contributed by atoms with E-state index in [1.54, 1.807) is 0 Å². The SMILES string of the molecule is CCOC1(OCC)CC1C1CCC(=O)C1. The molecular formula is C12H20O3. The monoisotopic (exact) mass is 212 g/mol. The van der Waals surface area contributed by atoms with Crippen LogP contribution in [0, 0.1) is 11.8 Å². The van der Waals surface area contributed by atoms with Crippen molar-refractivity contribution >= 4 is 5.78 Å². The summed E-state index contributed by atoms with van der Waals surface area (Å²) in [6.45, 7) is 5.38. The van der Waals surface area contributed by atoms with E-state index in [1.165, 1.54) is 0 Å². The molecule has 0 N–H and O–H groups in total. The minimum atomic E-state index is -0.335. The third kappa shape index (κ3) is 2.08. The summed E-state index contributed by atoms with van der Waals surface area (Å²) in [5.74, 6) is 1.05. The summed E-state index contributed by atoms with van der Waals surface area (Å²) in [7, 11) is 0. The molecule has 2 atom stereocenters. The van der Waals surface area contributed by atoms with Crippen molar-refractivity contribution < 1.29 is 14.3 Å². The Labute approximate surface area is 91.1 Å². The van der Waals surface area contributed by atoms with Crippen molar-refractivity contribution in [3.05, 3.63) is 0 Å². The van der Waals surface area contributed by atoms with Crippen LogP contribution >= 0.6 is 0 Å². The Morgan fingerprint density at radius 1 is 1.33 bits per heavy atom. The van der Waals surface area contributed by atoms with Crippen molar-refractivity contribution in [2.75, 3.05) is 13.2 Å². The van der Waals surface area contributed by atoms with Crippen LogP contribution in [0.5, 0.6) is 0 Å². The number of carbonyl (C=O) groups excluding carboxylic acids is 1. The molecule has 0 spiro atoms. The molecule has 0 aromatic carbocycles. The molecular weight excluding hydrogens is 192 g/mol. The van der Waals surface area contributed by atoms with Crippen molar-refractivity contribution in [3.63, 3.8) is 0 Å². The van der Waals surface area contributed by atoms with Crippen LogP contribution in [0.1, 0.15) is 39.5 Å². The summed E-state index contributed by atoms with van der Waals surface area (Å²) in [4.78, 5) is 11.2. The number of hydrogen-bond donors (Lipinski definition) is 0. The first-order chi connectivity index (χ1) is 7.22. The molecule has 2 fully saturated rings. The van der Waals surface area contributed by atoms with Gasteiger partial charge in [0.25, 0.3) is 0 Å². The summed E-state index contributed by atoms with van der Waals surface area (Å²) < 4.78 is 11.4. The highest BCUT2D eigenvalue weighted by Gasteiger charge is 2.60. The second-order valence-electron chi connectivity index (χ2n) is 4.53. The van der Waals surface area contributed by atoms with Gasteiger partial charge < -0.3 is 9.47 Å². The Morgan fingerprint density at radius 3 is 2.47 bits per heavy atom. The van der Waals surface area contributed by atoms with Crippen LogP contribution in [0.3, 0.4) is 0 Å². The van der Waals surface area contributed by atoms with Gasteiger partial charge in [0.05, 0.1) is 0 Å². The van der Waals surface area contributed by atoms with Crippen molar-refractivity contribution in [1.29, 1.82) is 0 Å². The normalized spacial score (nSPS) is 33.3. The highest BCUT2D eigenvalue weighted by Crippen LogP contribution is 2.55. The predicted octanol–water partition coefficient (Wildman–Crippen LogP) is 2.14. The van der Waals surface area contributed by atoms with E-state index in [0.29, 0.717) is 30.8 Å². The molecule has 0 aromatic heterocycles. The molecule has 0 aromatic rings. The molecule has 3 heteroatoms.